The van der Waals surface area contributed by atoms with Gasteiger partial charge in [0.25, 0.3) is 0 Å². The van der Waals surface area contributed by atoms with E-state index in [9.17, 15) is 26.7 Å². The van der Waals surface area contributed by atoms with Gasteiger partial charge in [0.2, 0.25) is 5.91 Å². The Bertz CT molecular complexity index is 1100. The van der Waals surface area contributed by atoms with Crippen molar-refractivity contribution >= 4 is 40.7 Å². The van der Waals surface area contributed by atoms with Gasteiger partial charge < -0.3 is 10.1 Å². The lowest BCUT2D eigenvalue weighted by Crippen LogP contribution is -2.34. The van der Waals surface area contributed by atoms with Gasteiger partial charge in [0.1, 0.15) is 12.3 Å². The number of ether oxygens (including phenoxy) is 1. The van der Waals surface area contributed by atoms with Crippen LogP contribution in [0, 0.1) is 5.41 Å². The highest BCUT2D eigenvalue weighted by Crippen LogP contribution is 2.39. The smallest absolute Gasteiger partial charge is 0.419 e. The molecule has 1 N–H and O–H groups in total. The number of hydrogen-bond donors (Lipinski definition) is 1. The summed E-state index contributed by atoms with van der Waals surface area (Å²) in [4.78, 5) is 12.7. The fourth-order valence-corrected chi connectivity index (χ4v) is 4.64. The minimum Gasteiger partial charge on any atom is -0.434 e. The predicted molar refractivity (Wildman–Crippen MR) is 132 cm³/mol. The molecule has 0 fully saturated rings. The fraction of sp³-hybridized carbons (Fsp3) is 0.417. The van der Waals surface area contributed by atoms with Crippen molar-refractivity contribution in [2.45, 2.75) is 32.6 Å². The fourth-order valence-electron chi connectivity index (χ4n) is 4.08. The molecule has 12 heteroatoms. The third-order valence-electron chi connectivity index (χ3n) is 5.65. The number of anilines is 1. The van der Waals surface area contributed by atoms with E-state index in [4.69, 9.17) is 11.6 Å². The number of nitrogens with zero attached hydrogens (tertiary/aromatic N) is 2. The Labute approximate surface area is 215 Å². The largest absolute Gasteiger partial charge is 0.434 e. The summed E-state index contributed by atoms with van der Waals surface area (Å²) in [7, 11) is 0. The summed E-state index contributed by atoms with van der Waals surface area (Å²) in [6.07, 6.45) is -1.08. The quantitative estimate of drug-likeness (QED) is 0.262. The van der Waals surface area contributed by atoms with Crippen molar-refractivity contribution in [1.29, 1.82) is 0 Å². The van der Waals surface area contributed by atoms with Crippen molar-refractivity contribution in [3.8, 4) is 5.75 Å². The average molecular weight is 550 g/mol. The van der Waals surface area contributed by atoms with E-state index in [0.717, 1.165) is 42.0 Å². The van der Waals surface area contributed by atoms with Crippen LogP contribution in [0.15, 0.2) is 47.6 Å². The zero-order valence-electron chi connectivity index (χ0n) is 19.5. The highest BCUT2D eigenvalue weighted by molar-refractivity contribution is 7.98. The first-order valence-corrected chi connectivity index (χ1v) is 12.7. The molecule has 5 nitrogen and oxygen atoms in total. The Morgan fingerprint density at radius 3 is 2.56 bits per heavy atom. The zero-order chi connectivity index (χ0) is 26.5. The minimum atomic E-state index is -4.89. The van der Waals surface area contributed by atoms with Gasteiger partial charge in [0.05, 0.1) is 11.3 Å². The number of halogens is 6. The highest BCUT2D eigenvalue weighted by atomic mass is 35.5. The summed E-state index contributed by atoms with van der Waals surface area (Å²) in [5.74, 6) is -0.660. The monoisotopic (exact) mass is 549 g/mol. The molecule has 1 amide bonds. The zero-order valence-corrected chi connectivity index (χ0v) is 21.1. The number of hydrazone groups is 1. The molecule has 196 valence electrons. The summed E-state index contributed by atoms with van der Waals surface area (Å²) >= 11 is 7.76. The van der Waals surface area contributed by atoms with E-state index in [1.807, 2.05) is 18.4 Å². The second-order valence-corrected chi connectivity index (χ2v) is 9.99. The highest BCUT2D eigenvalue weighted by Gasteiger charge is 2.39. The van der Waals surface area contributed by atoms with Crippen molar-refractivity contribution < 1.29 is 31.5 Å². The van der Waals surface area contributed by atoms with Gasteiger partial charge in [-0.3, -0.25) is 9.80 Å². The Hall–Kier alpha value is -2.53. The molecule has 0 aromatic heterocycles. The average Bonchev–Trinajstić information content (AvgIpc) is 3.09. The number of carbonyl (C=O) groups is 1. The summed E-state index contributed by atoms with van der Waals surface area (Å²) in [5, 5.41) is 9.30. The molecule has 1 aliphatic heterocycles. The molecule has 0 aliphatic carbocycles. The van der Waals surface area contributed by atoms with E-state index in [-0.39, 0.29) is 17.6 Å². The van der Waals surface area contributed by atoms with Gasteiger partial charge in [-0.15, -0.1) is 0 Å². The lowest BCUT2D eigenvalue weighted by atomic mass is 9.78. The first-order valence-electron chi connectivity index (χ1n) is 11.0. The number of carbonyl (C=O) groups excluding carboxylic acids is 1. The lowest BCUT2D eigenvalue weighted by Gasteiger charge is -2.26. The molecule has 1 aliphatic rings. The third kappa shape index (κ3) is 7.25. The van der Waals surface area contributed by atoms with E-state index in [1.165, 1.54) is 0 Å². The van der Waals surface area contributed by atoms with Crippen LogP contribution in [-0.2, 0) is 11.0 Å². The Balaban J connectivity index is 1.77. The third-order valence-corrected chi connectivity index (χ3v) is 6.60. The van der Waals surface area contributed by atoms with Crippen LogP contribution >= 0.6 is 23.4 Å². The van der Waals surface area contributed by atoms with E-state index in [1.54, 1.807) is 28.9 Å². The van der Waals surface area contributed by atoms with Crippen LogP contribution in [0.3, 0.4) is 0 Å². The van der Waals surface area contributed by atoms with E-state index in [2.05, 4.69) is 22.1 Å². The number of thioether (sulfide) groups is 1. The van der Waals surface area contributed by atoms with Crippen molar-refractivity contribution in [3.05, 3.63) is 58.6 Å². The number of amides is 1. The van der Waals surface area contributed by atoms with Crippen LogP contribution < -0.4 is 10.1 Å². The van der Waals surface area contributed by atoms with Crippen molar-refractivity contribution in [2.24, 2.45) is 10.5 Å². The number of benzene rings is 2. The first-order chi connectivity index (χ1) is 16.9. The maximum Gasteiger partial charge on any atom is 0.419 e. The number of hydrogen-bond acceptors (Lipinski definition) is 5. The molecule has 1 atom stereocenters. The standard InChI is InChI=1S/C24H25ClF5N3O2S/c1-23(10-3-11-36-2)14-33(32-21(23)15-4-6-16(25)7-5-15)13-20(34)31-17-8-9-18(24(28,29)30)19(12-17)35-22(26)27/h4-9,12,22H,3,10-11,13-14H2,1-2H3,(H,31,34). The Kier molecular flexibility index (Phi) is 9.10. The van der Waals surface area contributed by atoms with Crippen LogP contribution in [-0.4, -0.2) is 48.3 Å². The van der Waals surface area contributed by atoms with Crippen LogP contribution in [0.25, 0.3) is 0 Å². The first kappa shape index (κ1) is 28.0. The van der Waals surface area contributed by atoms with E-state index >= 15 is 0 Å². The number of alkyl halides is 5. The molecule has 0 saturated heterocycles. The summed E-state index contributed by atoms with van der Waals surface area (Å²) < 4.78 is 68.6. The lowest BCUT2D eigenvalue weighted by molar-refractivity contribution is -0.141. The molecule has 0 spiro atoms. The molecule has 1 heterocycles. The van der Waals surface area contributed by atoms with Crippen LogP contribution in [0.2, 0.25) is 5.02 Å². The van der Waals surface area contributed by atoms with Crippen LogP contribution in [0.4, 0.5) is 27.6 Å². The second-order valence-electron chi connectivity index (χ2n) is 8.57. The predicted octanol–water partition coefficient (Wildman–Crippen LogP) is 6.77. The molecular weight excluding hydrogens is 525 g/mol. The van der Waals surface area contributed by atoms with Gasteiger partial charge in [-0.1, -0.05) is 30.7 Å². The summed E-state index contributed by atoms with van der Waals surface area (Å²) in [6.45, 7) is -1.10. The Morgan fingerprint density at radius 1 is 1.25 bits per heavy atom. The number of rotatable bonds is 10. The minimum absolute atomic E-state index is 0.104. The molecule has 2 aromatic carbocycles. The van der Waals surface area contributed by atoms with E-state index in [0.29, 0.717) is 17.6 Å². The van der Waals surface area contributed by atoms with Gasteiger partial charge in [0, 0.05) is 28.7 Å². The molecule has 36 heavy (non-hydrogen) atoms. The van der Waals surface area contributed by atoms with Gasteiger partial charge in [-0.05, 0) is 54.7 Å². The van der Waals surface area contributed by atoms with Crippen molar-refractivity contribution in [3.63, 3.8) is 0 Å². The van der Waals surface area contributed by atoms with Gasteiger partial charge in [-0.2, -0.15) is 38.8 Å². The molecular formula is C24H25ClF5N3O2S. The normalized spacial score (nSPS) is 17.9. The van der Waals surface area contributed by atoms with Crippen molar-refractivity contribution in [2.75, 3.05) is 30.4 Å². The molecule has 2 aromatic rings. The SMILES string of the molecule is CSCCCC1(C)CN(CC(=O)Nc2ccc(C(F)(F)F)c(OC(F)F)c2)N=C1c1ccc(Cl)cc1. The molecule has 0 radical (unpaired) electrons. The maximum atomic E-state index is 13.1. The van der Waals surface area contributed by atoms with Gasteiger partial charge in [-0.25, -0.2) is 0 Å². The molecule has 3 rings (SSSR count). The van der Waals surface area contributed by atoms with Gasteiger partial charge >= 0.3 is 12.8 Å². The summed E-state index contributed by atoms with van der Waals surface area (Å²) in [5.41, 5.74) is -0.108. The van der Waals surface area contributed by atoms with Crippen LogP contribution in [0.5, 0.6) is 5.75 Å². The second kappa shape index (κ2) is 11.7. The van der Waals surface area contributed by atoms with Crippen LogP contribution in [0.1, 0.15) is 30.9 Å². The molecule has 1 unspecified atom stereocenters. The summed E-state index contributed by atoms with van der Waals surface area (Å²) in [6, 6.07) is 9.56. The topological polar surface area (TPSA) is 53.9 Å². The van der Waals surface area contributed by atoms with E-state index < -0.39 is 30.0 Å². The number of nitrogens with one attached hydrogen (secondary N) is 1. The molecule has 0 bridgehead atoms. The maximum absolute atomic E-state index is 13.1. The Morgan fingerprint density at radius 2 is 1.94 bits per heavy atom. The molecule has 0 saturated carbocycles. The van der Waals surface area contributed by atoms with Gasteiger partial charge in [0.15, 0.2) is 0 Å². The van der Waals surface area contributed by atoms with Crippen molar-refractivity contribution in [1.82, 2.24) is 5.01 Å².